The van der Waals surface area contributed by atoms with Crippen LogP contribution in [0.2, 0.25) is 0 Å². The molecule has 0 aromatic carbocycles. The third-order valence-electron chi connectivity index (χ3n) is 6.07. The van der Waals surface area contributed by atoms with Gasteiger partial charge in [-0.1, -0.05) is 108 Å². The fourth-order valence-corrected chi connectivity index (χ4v) is 4.34. The topological polar surface area (TPSA) is 0 Å². The Balaban J connectivity index is 0. The Hall–Kier alpha value is 0.688. The molecule has 1 aliphatic rings. The van der Waals surface area contributed by atoms with Crippen LogP contribution in [0.15, 0.2) is 0 Å². The Bertz CT molecular complexity index is 370. The first-order chi connectivity index (χ1) is 10.1. The van der Waals surface area contributed by atoms with Gasteiger partial charge in [0.1, 0.15) is 0 Å². The predicted octanol–water partition coefficient (Wildman–Crippen LogP) is 8.41. The first kappa shape index (κ1) is 27.9. The van der Waals surface area contributed by atoms with E-state index in [0.29, 0.717) is 27.1 Å². The summed E-state index contributed by atoms with van der Waals surface area (Å²) in [5, 5.41) is 0. The molecule has 152 valence electrons. The molecule has 1 heteroatoms. The van der Waals surface area contributed by atoms with Crippen molar-refractivity contribution in [3.63, 3.8) is 0 Å². The Kier molecular flexibility index (Phi) is 9.34. The molecule has 0 aromatic heterocycles. The van der Waals surface area contributed by atoms with E-state index in [1.165, 1.54) is 6.42 Å². The van der Waals surface area contributed by atoms with E-state index >= 15 is 0 Å². The zero-order chi connectivity index (χ0) is 19.9. The standard InChI is InChI=1S/C12H23.C12H26.W/c1-8-9(11(2,3)4)10(8)12(5,6)7;1-10(2,3)9-12(7,8)11(4,5)6;/h9-10H,1-7H3;9H2,1-8H3;/q-1;;. The van der Waals surface area contributed by atoms with Gasteiger partial charge in [-0.15, -0.1) is 0 Å². The van der Waals surface area contributed by atoms with Crippen molar-refractivity contribution in [2.24, 2.45) is 38.9 Å². The fraction of sp³-hybridized carbons (Fsp3) is 0.958. The van der Waals surface area contributed by atoms with E-state index in [0.717, 1.165) is 11.8 Å². The Morgan fingerprint density at radius 1 is 0.600 bits per heavy atom. The van der Waals surface area contributed by atoms with E-state index in [1.807, 2.05) is 0 Å². The first-order valence-electron chi connectivity index (χ1n) is 9.95. The van der Waals surface area contributed by atoms with E-state index in [4.69, 9.17) is 0 Å². The average molecular weight is 521 g/mol. The maximum atomic E-state index is 2.37. The molecule has 0 nitrogen and oxygen atoms in total. The smallest absolute Gasteiger partial charge is 0 e. The van der Waals surface area contributed by atoms with Crippen molar-refractivity contribution in [1.29, 1.82) is 0 Å². The molecule has 0 spiro atoms. The van der Waals surface area contributed by atoms with Crippen molar-refractivity contribution in [2.45, 2.75) is 110 Å². The van der Waals surface area contributed by atoms with Crippen molar-refractivity contribution in [1.82, 2.24) is 0 Å². The van der Waals surface area contributed by atoms with Crippen LogP contribution < -0.4 is 0 Å². The molecule has 1 fully saturated rings. The Morgan fingerprint density at radius 2 is 0.880 bits per heavy atom. The molecule has 2 unspecified atom stereocenters. The zero-order valence-corrected chi connectivity index (χ0v) is 23.2. The van der Waals surface area contributed by atoms with E-state index < -0.39 is 0 Å². The summed E-state index contributed by atoms with van der Waals surface area (Å²) >= 11 is 0. The van der Waals surface area contributed by atoms with Gasteiger partial charge in [-0.2, -0.15) is 18.8 Å². The largest absolute Gasteiger partial charge is 0.314 e. The van der Waals surface area contributed by atoms with Crippen LogP contribution >= 0.6 is 0 Å². The van der Waals surface area contributed by atoms with Crippen molar-refractivity contribution < 1.29 is 21.1 Å². The minimum Gasteiger partial charge on any atom is -0.314 e. The van der Waals surface area contributed by atoms with E-state index in [9.17, 15) is 0 Å². The zero-order valence-electron chi connectivity index (χ0n) is 20.3. The second kappa shape index (κ2) is 8.37. The molecule has 2 atom stereocenters. The molecule has 0 N–H and O–H groups in total. The quantitative estimate of drug-likeness (QED) is 0.304. The van der Waals surface area contributed by atoms with Gasteiger partial charge in [-0.3, -0.25) is 0 Å². The third-order valence-corrected chi connectivity index (χ3v) is 6.07. The van der Waals surface area contributed by atoms with Gasteiger partial charge in [0.25, 0.3) is 0 Å². The fourth-order valence-electron chi connectivity index (χ4n) is 4.34. The van der Waals surface area contributed by atoms with Gasteiger partial charge >= 0.3 is 0 Å². The van der Waals surface area contributed by atoms with E-state index in [2.05, 4.69) is 104 Å². The van der Waals surface area contributed by atoms with Gasteiger partial charge < -0.3 is 5.92 Å². The maximum Gasteiger partial charge on any atom is 0 e. The predicted molar refractivity (Wildman–Crippen MR) is 112 cm³/mol. The summed E-state index contributed by atoms with van der Waals surface area (Å²) in [4.78, 5) is 0. The summed E-state index contributed by atoms with van der Waals surface area (Å²) < 4.78 is 0. The third kappa shape index (κ3) is 8.95. The minimum absolute atomic E-state index is 0. The van der Waals surface area contributed by atoms with Crippen LogP contribution in [-0.2, 0) is 21.1 Å². The van der Waals surface area contributed by atoms with Crippen molar-refractivity contribution in [3.05, 3.63) is 5.92 Å². The molecule has 0 aromatic rings. The minimum atomic E-state index is 0. The van der Waals surface area contributed by atoms with Gasteiger partial charge in [0.2, 0.25) is 0 Å². The molecular weight excluding hydrogens is 472 g/mol. The maximum absolute atomic E-state index is 2.37. The molecule has 0 amide bonds. The van der Waals surface area contributed by atoms with Crippen LogP contribution in [-0.4, -0.2) is 0 Å². The van der Waals surface area contributed by atoms with E-state index in [-0.39, 0.29) is 21.1 Å². The average Bonchev–Trinajstić information content (AvgIpc) is 2.84. The van der Waals surface area contributed by atoms with Crippen LogP contribution in [0, 0.1) is 44.8 Å². The van der Waals surface area contributed by atoms with Crippen molar-refractivity contribution in [3.8, 4) is 0 Å². The van der Waals surface area contributed by atoms with Gasteiger partial charge in [-0.05, 0) is 22.7 Å². The van der Waals surface area contributed by atoms with Gasteiger partial charge in [-0.25, -0.2) is 0 Å². The second-order valence-electron chi connectivity index (χ2n) is 13.3. The second-order valence-corrected chi connectivity index (χ2v) is 13.3. The molecule has 0 heterocycles. The van der Waals surface area contributed by atoms with Crippen LogP contribution in [0.25, 0.3) is 0 Å². The Labute approximate surface area is 176 Å². The molecule has 0 radical (unpaired) electrons. The summed E-state index contributed by atoms with van der Waals surface area (Å²) in [6, 6.07) is 0. The van der Waals surface area contributed by atoms with Gasteiger partial charge in [0.15, 0.2) is 0 Å². The molecular formula is C24H49W-. The molecule has 1 saturated carbocycles. The normalized spacial score (nSPS) is 22.7. The molecule has 0 bridgehead atoms. The van der Waals surface area contributed by atoms with Crippen LogP contribution in [0.4, 0.5) is 0 Å². The summed E-state index contributed by atoms with van der Waals surface area (Å²) in [6.07, 6.45) is 1.28. The summed E-state index contributed by atoms with van der Waals surface area (Å²) in [5.74, 6) is 3.44. The molecule has 1 rings (SSSR count). The first-order valence-corrected chi connectivity index (χ1v) is 9.95. The number of rotatable bonds is 1. The Morgan fingerprint density at radius 3 is 0.960 bits per heavy atom. The van der Waals surface area contributed by atoms with Crippen molar-refractivity contribution in [2.75, 3.05) is 0 Å². The van der Waals surface area contributed by atoms with E-state index in [1.54, 1.807) is 5.92 Å². The number of hydrogen-bond acceptors (Lipinski definition) is 0. The van der Waals surface area contributed by atoms with Crippen LogP contribution in [0.3, 0.4) is 0 Å². The van der Waals surface area contributed by atoms with Crippen LogP contribution in [0.5, 0.6) is 0 Å². The van der Waals surface area contributed by atoms with Crippen LogP contribution in [0.1, 0.15) is 110 Å². The molecule has 0 saturated heterocycles. The van der Waals surface area contributed by atoms with Crippen molar-refractivity contribution >= 4 is 0 Å². The summed E-state index contributed by atoms with van der Waals surface area (Å²) in [7, 11) is 0. The van der Waals surface area contributed by atoms with Gasteiger partial charge in [0, 0.05) is 21.1 Å². The molecule has 25 heavy (non-hydrogen) atoms. The molecule has 1 aliphatic carbocycles. The summed E-state index contributed by atoms with van der Waals surface area (Å²) in [5.41, 5.74) is 2.21. The monoisotopic (exact) mass is 521 g/mol. The van der Waals surface area contributed by atoms with Gasteiger partial charge in [0.05, 0.1) is 0 Å². The SMILES string of the molecule is CC(C)(C)CC(C)(C)C(C)(C)C.C[C-]1C(C(C)(C)C)C1C(C)(C)C.[W]. The number of hydrogen-bond donors (Lipinski definition) is 0. The summed E-state index contributed by atoms with van der Waals surface area (Å²) in [6.45, 7) is 35.2. The molecule has 0 aliphatic heterocycles.